The minimum absolute atomic E-state index is 0. The van der Waals surface area contributed by atoms with Crippen molar-refractivity contribution in [2.24, 2.45) is 0 Å². The lowest BCUT2D eigenvalue weighted by molar-refractivity contribution is 0.392. The van der Waals surface area contributed by atoms with E-state index in [1.54, 1.807) is 6.92 Å². The molecule has 0 aromatic carbocycles. The van der Waals surface area contributed by atoms with Crippen molar-refractivity contribution < 1.29 is 4.52 Å². The first-order valence-electron chi connectivity index (χ1n) is 1.63. The fraction of sp³-hybridized carbons (Fsp3) is 0.333. The van der Waals surface area contributed by atoms with Crippen LogP contribution in [-0.4, -0.2) is 10.1 Å². The minimum Gasteiger partial charge on any atom is -0.340 e. The molecule has 0 saturated heterocycles. The number of aryl methyl sites for hydroxylation is 1. The van der Waals surface area contributed by atoms with E-state index in [9.17, 15) is 0 Å². The van der Waals surface area contributed by atoms with E-state index in [0.29, 0.717) is 5.89 Å². The van der Waals surface area contributed by atoms with Crippen molar-refractivity contribution in [1.29, 1.82) is 0 Å². The fourth-order valence-electron chi connectivity index (χ4n) is 0.228. The Morgan fingerprint density at radius 3 is 2.57 bits per heavy atom. The Kier molecular flexibility index (Phi) is 2.37. The molecule has 0 bridgehead atoms. The first kappa shape index (κ1) is 6.43. The molecule has 0 aliphatic rings. The van der Waals surface area contributed by atoms with E-state index in [1.807, 2.05) is 0 Å². The number of rotatable bonds is 0. The maximum atomic E-state index is 4.47. The molecule has 0 atom stereocenters. The molecule has 0 radical (unpaired) electrons. The van der Waals surface area contributed by atoms with Gasteiger partial charge in [0, 0.05) is 6.92 Å². The van der Waals surface area contributed by atoms with Crippen LogP contribution in [-0.2, 0) is 0 Å². The van der Waals surface area contributed by atoms with Gasteiger partial charge in [-0.25, -0.2) is 0 Å². The minimum atomic E-state index is 0. The van der Waals surface area contributed by atoms with Gasteiger partial charge in [-0.3, -0.25) is 0 Å². The zero-order chi connectivity index (χ0) is 4.41. The molecule has 1 heterocycles. The summed E-state index contributed by atoms with van der Waals surface area (Å²) >= 11 is 0. The van der Waals surface area contributed by atoms with Crippen LogP contribution in [0.4, 0.5) is 0 Å². The van der Waals surface area contributed by atoms with Gasteiger partial charge < -0.3 is 4.52 Å². The van der Waals surface area contributed by atoms with E-state index in [4.69, 9.17) is 0 Å². The summed E-state index contributed by atoms with van der Waals surface area (Å²) in [5.41, 5.74) is 0. The zero-order valence-electron chi connectivity index (χ0n) is 3.79. The summed E-state index contributed by atoms with van der Waals surface area (Å²) in [7, 11) is 0. The largest absolute Gasteiger partial charge is 0.340 e. The highest BCUT2D eigenvalue weighted by Gasteiger charge is 1.79. The molecule has 0 spiro atoms. The van der Waals surface area contributed by atoms with E-state index in [2.05, 4.69) is 14.7 Å². The Balaban J connectivity index is 0.000000360. The second-order valence-electron chi connectivity index (χ2n) is 0.960. The lowest BCUT2D eigenvalue weighted by Crippen LogP contribution is -1.59. The fourth-order valence-corrected chi connectivity index (χ4v) is 0.228. The first-order valence-corrected chi connectivity index (χ1v) is 1.63. The van der Waals surface area contributed by atoms with Gasteiger partial charge in [0.05, 0.1) is 0 Å². The second-order valence-corrected chi connectivity index (χ2v) is 0.960. The average molecular weight is 121 g/mol. The van der Waals surface area contributed by atoms with Crippen molar-refractivity contribution in [2.75, 3.05) is 0 Å². The molecule has 0 amide bonds. The van der Waals surface area contributed by atoms with Crippen LogP contribution in [0.25, 0.3) is 0 Å². The van der Waals surface area contributed by atoms with Gasteiger partial charge in [0.25, 0.3) is 0 Å². The summed E-state index contributed by atoms with van der Waals surface area (Å²) < 4.78 is 4.47. The van der Waals surface area contributed by atoms with Gasteiger partial charge >= 0.3 is 0 Å². The van der Waals surface area contributed by atoms with E-state index < -0.39 is 0 Å². The highest BCUT2D eigenvalue weighted by atomic mass is 35.5. The third kappa shape index (κ3) is 1.55. The normalized spacial score (nSPS) is 7.57. The van der Waals surface area contributed by atoms with Crippen LogP contribution >= 0.6 is 12.4 Å². The molecule has 7 heavy (non-hydrogen) atoms. The first-order chi connectivity index (χ1) is 2.89. The van der Waals surface area contributed by atoms with Crippen molar-refractivity contribution in [3.63, 3.8) is 0 Å². The van der Waals surface area contributed by atoms with Crippen molar-refractivity contribution in [2.45, 2.75) is 6.92 Å². The van der Waals surface area contributed by atoms with Crippen LogP contribution in [0, 0.1) is 6.92 Å². The monoisotopic (exact) mass is 120 g/mol. The van der Waals surface area contributed by atoms with Gasteiger partial charge in [0.15, 0.2) is 6.33 Å². The van der Waals surface area contributed by atoms with Crippen LogP contribution in [0.1, 0.15) is 5.89 Å². The van der Waals surface area contributed by atoms with Crippen LogP contribution in [0.3, 0.4) is 0 Å². The number of halogens is 1. The molecule has 1 aromatic heterocycles. The zero-order valence-corrected chi connectivity index (χ0v) is 4.60. The lowest BCUT2D eigenvalue weighted by atomic mass is 10.8. The Bertz CT molecular complexity index is 116. The molecule has 0 saturated carbocycles. The Hall–Kier alpha value is -0.570. The SMILES string of the molecule is Cc1ncno1.Cl. The summed E-state index contributed by atoms with van der Waals surface area (Å²) in [6, 6.07) is 0. The molecule has 0 unspecified atom stereocenters. The summed E-state index contributed by atoms with van der Waals surface area (Å²) in [6.45, 7) is 1.74. The predicted octanol–water partition coefficient (Wildman–Crippen LogP) is 0.800. The second kappa shape index (κ2) is 2.58. The van der Waals surface area contributed by atoms with Gasteiger partial charge in [-0.05, 0) is 0 Å². The van der Waals surface area contributed by atoms with E-state index >= 15 is 0 Å². The van der Waals surface area contributed by atoms with Gasteiger partial charge in [-0.15, -0.1) is 12.4 Å². The number of aromatic nitrogens is 2. The van der Waals surface area contributed by atoms with Crippen molar-refractivity contribution >= 4 is 12.4 Å². The molecule has 1 aromatic rings. The van der Waals surface area contributed by atoms with Crippen LogP contribution in [0.5, 0.6) is 0 Å². The molecule has 0 aliphatic carbocycles. The van der Waals surface area contributed by atoms with Crippen LogP contribution in [0.2, 0.25) is 0 Å². The summed E-state index contributed by atoms with van der Waals surface area (Å²) in [6.07, 6.45) is 1.37. The molecular formula is C3H5ClN2O. The average Bonchev–Trinajstić information content (AvgIpc) is 1.86. The van der Waals surface area contributed by atoms with Crippen molar-refractivity contribution in [3.05, 3.63) is 12.2 Å². The maximum absolute atomic E-state index is 4.47. The van der Waals surface area contributed by atoms with Gasteiger partial charge in [-0.1, -0.05) is 5.16 Å². The Morgan fingerprint density at radius 1 is 1.71 bits per heavy atom. The Labute approximate surface area is 47.1 Å². The summed E-state index contributed by atoms with van der Waals surface area (Å²) in [4.78, 5) is 3.64. The highest BCUT2D eigenvalue weighted by molar-refractivity contribution is 5.85. The molecule has 3 nitrogen and oxygen atoms in total. The molecule has 0 fully saturated rings. The smallest absolute Gasteiger partial charge is 0.223 e. The third-order valence-corrected chi connectivity index (χ3v) is 0.471. The van der Waals surface area contributed by atoms with Gasteiger partial charge in [-0.2, -0.15) is 4.98 Å². The molecule has 0 aliphatic heterocycles. The van der Waals surface area contributed by atoms with Gasteiger partial charge in [0.1, 0.15) is 0 Å². The third-order valence-electron chi connectivity index (χ3n) is 0.471. The molecule has 40 valence electrons. The number of nitrogens with zero attached hydrogens (tertiary/aromatic N) is 2. The summed E-state index contributed by atoms with van der Waals surface area (Å²) in [5, 5.41) is 3.34. The van der Waals surface area contributed by atoms with Crippen molar-refractivity contribution in [3.8, 4) is 0 Å². The van der Waals surface area contributed by atoms with Crippen molar-refractivity contribution in [1.82, 2.24) is 10.1 Å². The molecule has 1 rings (SSSR count). The Morgan fingerprint density at radius 2 is 2.43 bits per heavy atom. The molecular weight excluding hydrogens is 115 g/mol. The summed E-state index contributed by atoms with van der Waals surface area (Å²) in [5.74, 6) is 0.606. The van der Waals surface area contributed by atoms with Crippen LogP contribution in [0.15, 0.2) is 10.9 Å². The number of hydrogen-bond donors (Lipinski definition) is 0. The van der Waals surface area contributed by atoms with E-state index in [1.165, 1.54) is 6.33 Å². The predicted molar refractivity (Wildman–Crippen MR) is 26.3 cm³/mol. The highest BCUT2D eigenvalue weighted by Crippen LogP contribution is 1.80. The van der Waals surface area contributed by atoms with Crippen LogP contribution < -0.4 is 0 Å². The number of hydrogen-bond acceptors (Lipinski definition) is 3. The lowest BCUT2D eigenvalue weighted by Gasteiger charge is -1.63. The van der Waals surface area contributed by atoms with Gasteiger partial charge in [0.2, 0.25) is 5.89 Å². The standard InChI is InChI=1S/C3H4N2O.ClH/c1-3-4-2-5-6-3;/h2H,1H3;1H. The topological polar surface area (TPSA) is 38.9 Å². The maximum Gasteiger partial charge on any atom is 0.223 e. The van der Waals surface area contributed by atoms with E-state index in [0.717, 1.165) is 0 Å². The quantitative estimate of drug-likeness (QED) is 0.508. The molecule has 0 N–H and O–H groups in total. The molecule has 4 heteroatoms. The van der Waals surface area contributed by atoms with E-state index in [-0.39, 0.29) is 12.4 Å².